The number of carbonyl (C=O) groups excluding carboxylic acids is 1. The first-order valence-corrected chi connectivity index (χ1v) is 7.36. The molecule has 1 aliphatic carbocycles. The van der Waals surface area contributed by atoms with Crippen molar-refractivity contribution in [1.82, 2.24) is 0 Å². The minimum Gasteiger partial charge on any atom is -0.464 e. The summed E-state index contributed by atoms with van der Waals surface area (Å²) in [4.78, 5) is 12.5. The SMILES string of the molecule is CCOC(=O)C1(Nc2cccc(F)c2)CCCCC1OC. The van der Waals surface area contributed by atoms with Crippen LogP contribution in [0.2, 0.25) is 0 Å². The molecule has 1 N–H and O–H groups in total. The van der Waals surface area contributed by atoms with E-state index in [0.717, 1.165) is 19.3 Å². The van der Waals surface area contributed by atoms with Crippen molar-refractivity contribution in [2.24, 2.45) is 0 Å². The molecule has 1 aromatic rings. The minimum absolute atomic E-state index is 0.284. The van der Waals surface area contributed by atoms with Crippen LogP contribution in [0.4, 0.5) is 10.1 Å². The zero-order valence-corrected chi connectivity index (χ0v) is 12.5. The lowest BCUT2D eigenvalue weighted by Gasteiger charge is -2.42. The normalized spacial score (nSPS) is 25.4. The number of ether oxygens (including phenoxy) is 2. The number of hydrogen-bond donors (Lipinski definition) is 1. The second kappa shape index (κ2) is 6.89. The molecule has 0 aliphatic heterocycles. The van der Waals surface area contributed by atoms with Crippen LogP contribution in [0, 0.1) is 5.82 Å². The smallest absolute Gasteiger partial charge is 0.334 e. The van der Waals surface area contributed by atoms with Crippen molar-refractivity contribution in [2.75, 3.05) is 19.0 Å². The second-order valence-electron chi connectivity index (χ2n) is 5.30. The first-order chi connectivity index (χ1) is 10.1. The number of anilines is 1. The van der Waals surface area contributed by atoms with Gasteiger partial charge in [-0.25, -0.2) is 9.18 Å². The van der Waals surface area contributed by atoms with Crippen LogP contribution in [0.3, 0.4) is 0 Å². The molecule has 1 saturated carbocycles. The van der Waals surface area contributed by atoms with Crippen LogP contribution in [0.15, 0.2) is 24.3 Å². The highest BCUT2D eigenvalue weighted by Crippen LogP contribution is 2.35. The van der Waals surface area contributed by atoms with Gasteiger partial charge in [0, 0.05) is 12.8 Å². The van der Waals surface area contributed by atoms with Gasteiger partial charge in [-0.3, -0.25) is 0 Å². The van der Waals surface area contributed by atoms with Gasteiger partial charge in [0.25, 0.3) is 0 Å². The Bertz CT molecular complexity index is 494. The van der Waals surface area contributed by atoms with Crippen LogP contribution in [0.25, 0.3) is 0 Å². The first kappa shape index (κ1) is 15.8. The van der Waals surface area contributed by atoms with Gasteiger partial charge in [0.1, 0.15) is 5.82 Å². The molecule has 1 aliphatic rings. The van der Waals surface area contributed by atoms with Crippen LogP contribution < -0.4 is 5.32 Å². The van der Waals surface area contributed by atoms with Crippen molar-refractivity contribution in [3.8, 4) is 0 Å². The molecule has 2 atom stereocenters. The molecule has 21 heavy (non-hydrogen) atoms. The summed E-state index contributed by atoms with van der Waals surface area (Å²) in [6, 6.07) is 6.10. The Labute approximate surface area is 124 Å². The van der Waals surface area contributed by atoms with Crippen molar-refractivity contribution in [3.05, 3.63) is 30.1 Å². The van der Waals surface area contributed by atoms with Gasteiger partial charge in [0.2, 0.25) is 0 Å². The van der Waals surface area contributed by atoms with Gasteiger partial charge in [0.05, 0.1) is 12.7 Å². The summed E-state index contributed by atoms with van der Waals surface area (Å²) in [6.45, 7) is 2.08. The molecular formula is C16H22FNO3. The fraction of sp³-hybridized carbons (Fsp3) is 0.562. The topological polar surface area (TPSA) is 47.6 Å². The van der Waals surface area contributed by atoms with Crippen LogP contribution in [0.5, 0.6) is 0 Å². The van der Waals surface area contributed by atoms with Gasteiger partial charge >= 0.3 is 5.97 Å². The molecule has 0 heterocycles. The summed E-state index contributed by atoms with van der Waals surface area (Å²) in [5.41, 5.74) is -0.386. The molecule has 4 nitrogen and oxygen atoms in total. The largest absolute Gasteiger partial charge is 0.464 e. The fourth-order valence-corrected chi connectivity index (χ4v) is 2.97. The third-order valence-corrected chi connectivity index (χ3v) is 3.95. The van der Waals surface area contributed by atoms with E-state index in [1.807, 2.05) is 0 Å². The molecule has 0 spiro atoms. The van der Waals surface area contributed by atoms with Gasteiger partial charge < -0.3 is 14.8 Å². The standard InChI is InChI=1S/C16H22FNO3/c1-3-21-15(19)16(10-5-4-9-14(16)20-2)18-13-8-6-7-12(17)11-13/h6-8,11,14,18H,3-5,9-10H2,1-2H3. The highest BCUT2D eigenvalue weighted by molar-refractivity contribution is 5.85. The highest BCUT2D eigenvalue weighted by atomic mass is 19.1. The third kappa shape index (κ3) is 3.35. The van der Waals surface area contributed by atoms with Gasteiger partial charge in [0.15, 0.2) is 5.54 Å². The van der Waals surface area contributed by atoms with Gasteiger partial charge in [-0.15, -0.1) is 0 Å². The van der Waals surface area contributed by atoms with E-state index in [4.69, 9.17) is 9.47 Å². The molecule has 116 valence electrons. The van der Waals surface area contributed by atoms with E-state index in [1.54, 1.807) is 26.2 Å². The number of hydrogen-bond acceptors (Lipinski definition) is 4. The van der Waals surface area contributed by atoms with E-state index in [9.17, 15) is 9.18 Å². The molecule has 0 radical (unpaired) electrons. The Hall–Kier alpha value is -1.62. The molecule has 1 aromatic carbocycles. The van der Waals surface area contributed by atoms with Crippen molar-refractivity contribution in [2.45, 2.75) is 44.2 Å². The lowest BCUT2D eigenvalue weighted by atomic mass is 9.78. The van der Waals surface area contributed by atoms with E-state index < -0.39 is 5.54 Å². The van der Waals surface area contributed by atoms with E-state index in [-0.39, 0.29) is 17.9 Å². The van der Waals surface area contributed by atoms with E-state index in [1.165, 1.54) is 12.1 Å². The van der Waals surface area contributed by atoms with Gasteiger partial charge in [-0.2, -0.15) is 0 Å². The number of nitrogens with one attached hydrogen (secondary N) is 1. The highest BCUT2D eigenvalue weighted by Gasteiger charge is 2.49. The third-order valence-electron chi connectivity index (χ3n) is 3.95. The summed E-state index contributed by atoms with van der Waals surface area (Å²) in [6.07, 6.45) is 3.01. The predicted octanol–water partition coefficient (Wildman–Crippen LogP) is 3.13. The van der Waals surface area contributed by atoms with E-state index >= 15 is 0 Å². The Morgan fingerprint density at radius 2 is 2.29 bits per heavy atom. The molecular weight excluding hydrogens is 273 g/mol. The average molecular weight is 295 g/mol. The number of esters is 1. The quantitative estimate of drug-likeness (QED) is 0.848. The Kier molecular flexibility index (Phi) is 5.17. The second-order valence-corrected chi connectivity index (χ2v) is 5.30. The van der Waals surface area contributed by atoms with Crippen LogP contribution in [-0.4, -0.2) is 31.3 Å². The van der Waals surface area contributed by atoms with Crippen LogP contribution in [-0.2, 0) is 14.3 Å². The van der Waals surface area contributed by atoms with Crippen molar-refractivity contribution < 1.29 is 18.7 Å². The molecule has 0 saturated heterocycles. The number of halogens is 1. The molecule has 2 rings (SSSR count). The number of benzene rings is 1. The number of rotatable bonds is 5. The van der Waals surface area contributed by atoms with Crippen molar-refractivity contribution in [1.29, 1.82) is 0 Å². The fourth-order valence-electron chi connectivity index (χ4n) is 2.97. The minimum atomic E-state index is -0.948. The summed E-state index contributed by atoms with van der Waals surface area (Å²) < 4.78 is 24.2. The van der Waals surface area contributed by atoms with Crippen LogP contribution in [0.1, 0.15) is 32.6 Å². The Balaban J connectivity index is 2.32. The maximum Gasteiger partial charge on any atom is 0.334 e. The zero-order valence-electron chi connectivity index (χ0n) is 12.5. The lowest BCUT2D eigenvalue weighted by molar-refractivity contribution is -0.156. The predicted molar refractivity (Wildman–Crippen MR) is 78.7 cm³/mol. The molecule has 5 heteroatoms. The van der Waals surface area contributed by atoms with Gasteiger partial charge in [-0.05, 0) is 38.0 Å². The maximum absolute atomic E-state index is 13.4. The molecule has 1 fully saturated rings. The number of carbonyl (C=O) groups is 1. The van der Waals surface area contributed by atoms with Crippen molar-refractivity contribution in [3.63, 3.8) is 0 Å². The molecule has 2 unspecified atom stereocenters. The van der Waals surface area contributed by atoms with Crippen LogP contribution >= 0.6 is 0 Å². The molecule has 0 bridgehead atoms. The maximum atomic E-state index is 13.4. The number of methoxy groups -OCH3 is 1. The van der Waals surface area contributed by atoms with E-state index in [0.29, 0.717) is 18.7 Å². The monoisotopic (exact) mass is 295 g/mol. The summed E-state index contributed by atoms with van der Waals surface area (Å²) in [5, 5.41) is 3.18. The summed E-state index contributed by atoms with van der Waals surface area (Å²) in [5.74, 6) is -0.676. The molecule has 0 aromatic heterocycles. The first-order valence-electron chi connectivity index (χ1n) is 7.36. The molecule has 0 amide bonds. The Morgan fingerprint density at radius 1 is 1.48 bits per heavy atom. The average Bonchev–Trinajstić information content (AvgIpc) is 2.48. The van der Waals surface area contributed by atoms with E-state index in [2.05, 4.69) is 5.32 Å². The summed E-state index contributed by atoms with van der Waals surface area (Å²) >= 11 is 0. The lowest BCUT2D eigenvalue weighted by Crippen LogP contribution is -2.58. The zero-order chi connectivity index (χ0) is 15.3. The summed E-state index contributed by atoms with van der Waals surface area (Å²) in [7, 11) is 1.59. The van der Waals surface area contributed by atoms with Gasteiger partial charge in [-0.1, -0.05) is 18.9 Å². The Morgan fingerprint density at radius 3 is 2.95 bits per heavy atom. The van der Waals surface area contributed by atoms with Crippen molar-refractivity contribution >= 4 is 11.7 Å².